The third-order valence-corrected chi connectivity index (χ3v) is 3.04. The average Bonchev–Trinajstić information content (AvgIpc) is 2.53. The first kappa shape index (κ1) is 15.2. The average molecular weight is 288 g/mol. The molecule has 0 bridgehead atoms. The molecular formula is C15H17BO5. The molecule has 21 heavy (non-hydrogen) atoms. The van der Waals surface area contributed by atoms with Crippen LogP contribution in [0, 0.1) is 0 Å². The summed E-state index contributed by atoms with van der Waals surface area (Å²) in [6.45, 7) is 0.316. The van der Waals surface area contributed by atoms with E-state index in [1.54, 1.807) is 19.2 Å². The number of rotatable bonds is 6. The van der Waals surface area contributed by atoms with E-state index in [0.29, 0.717) is 23.6 Å². The predicted molar refractivity (Wildman–Crippen MR) is 80.1 cm³/mol. The molecule has 0 saturated carbocycles. The minimum absolute atomic E-state index is 0.313. The number of methoxy groups -OCH3 is 2. The molecule has 0 heterocycles. The van der Waals surface area contributed by atoms with Gasteiger partial charge in [0.25, 0.3) is 0 Å². The summed E-state index contributed by atoms with van der Waals surface area (Å²) >= 11 is 0. The Morgan fingerprint density at radius 2 is 1.57 bits per heavy atom. The van der Waals surface area contributed by atoms with Crippen LogP contribution < -0.4 is 19.7 Å². The van der Waals surface area contributed by atoms with Crippen molar-refractivity contribution in [2.24, 2.45) is 0 Å². The molecule has 0 aliphatic carbocycles. The molecule has 0 aliphatic rings. The zero-order chi connectivity index (χ0) is 15.2. The summed E-state index contributed by atoms with van der Waals surface area (Å²) in [7, 11) is 1.50. The van der Waals surface area contributed by atoms with Crippen molar-refractivity contribution < 1.29 is 24.3 Å². The first-order valence-corrected chi connectivity index (χ1v) is 6.44. The fourth-order valence-corrected chi connectivity index (χ4v) is 1.91. The van der Waals surface area contributed by atoms with E-state index < -0.39 is 7.12 Å². The maximum Gasteiger partial charge on any atom is 0.492 e. The van der Waals surface area contributed by atoms with Crippen molar-refractivity contribution in [2.75, 3.05) is 14.2 Å². The van der Waals surface area contributed by atoms with Crippen molar-refractivity contribution in [3.63, 3.8) is 0 Å². The van der Waals surface area contributed by atoms with Crippen LogP contribution in [0.2, 0.25) is 0 Å². The Labute approximate surface area is 123 Å². The summed E-state index contributed by atoms with van der Waals surface area (Å²) in [5.41, 5.74) is 1.13. The van der Waals surface area contributed by atoms with Crippen molar-refractivity contribution >= 4 is 12.6 Å². The molecule has 0 saturated heterocycles. The van der Waals surface area contributed by atoms with Crippen LogP contribution in [0.3, 0.4) is 0 Å². The van der Waals surface area contributed by atoms with Gasteiger partial charge in [-0.25, -0.2) is 0 Å². The first-order valence-electron chi connectivity index (χ1n) is 6.44. The van der Waals surface area contributed by atoms with Crippen LogP contribution in [0.15, 0.2) is 42.5 Å². The second-order valence-electron chi connectivity index (χ2n) is 4.41. The van der Waals surface area contributed by atoms with Gasteiger partial charge in [-0.2, -0.15) is 0 Å². The molecule has 2 N–H and O–H groups in total. The topological polar surface area (TPSA) is 68.2 Å². The molecule has 6 heteroatoms. The molecule has 0 atom stereocenters. The predicted octanol–water partition coefficient (Wildman–Crippen LogP) is 0.963. The summed E-state index contributed by atoms with van der Waals surface area (Å²) in [5.74, 6) is 1.90. The van der Waals surface area contributed by atoms with Crippen LogP contribution in [0.25, 0.3) is 0 Å². The number of ether oxygens (including phenoxy) is 3. The van der Waals surface area contributed by atoms with E-state index in [1.165, 1.54) is 7.11 Å². The second kappa shape index (κ2) is 7.01. The lowest BCUT2D eigenvalue weighted by Crippen LogP contribution is -2.31. The van der Waals surface area contributed by atoms with Crippen LogP contribution in [-0.4, -0.2) is 31.4 Å². The molecule has 0 radical (unpaired) electrons. The number of benzene rings is 2. The number of hydrogen-bond donors (Lipinski definition) is 2. The van der Waals surface area contributed by atoms with Gasteiger partial charge in [-0.15, -0.1) is 0 Å². The van der Waals surface area contributed by atoms with Crippen molar-refractivity contribution in [3.05, 3.63) is 48.0 Å². The van der Waals surface area contributed by atoms with E-state index >= 15 is 0 Å². The van der Waals surface area contributed by atoms with Gasteiger partial charge in [0.2, 0.25) is 0 Å². The third-order valence-electron chi connectivity index (χ3n) is 3.04. The highest BCUT2D eigenvalue weighted by molar-refractivity contribution is 6.59. The quantitative estimate of drug-likeness (QED) is 0.775. The van der Waals surface area contributed by atoms with Crippen LogP contribution >= 0.6 is 0 Å². The van der Waals surface area contributed by atoms with E-state index in [1.807, 2.05) is 30.3 Å². The minimum Gasteiger partial charge on any atom is -0.497 e. The van der Waals surface area contributed by atoms with Gasteiger partial charge >= 0.3 is 7.12 Å². The van der Waals surface area contributed by atoms with E-state index in [-0.39, 0.29) is 0 Å². The second-order valence-corrected chi connectivity index (χ2v) is 4.41. The Balaban J connectivity index is 2.07. The fourth-order valence-electron chi connectivity index (χ4n) is 1.91. The lowest BCUT2D eigenvalue weighted by molar-refractivity contribution is 0.305. The molecule has 0 fully saturated rings. The third kappa shape index (κ3) is 3.90. The van der Waals surface area contributed by atoms with Gasteiger partial charge < -0.3 is 24.3 Å². The molecule has 0 unspecified atom stereocenters. The maximum absolute atomic E-state index is 9.32. The summed E-state index contributed by atoms with van der Waals surface area (Å²) in [5, 5.41) is 18.6. The summed E-state index contributed by atoms with van der Waals surface area (Å²) in [6.07, 6.45) is 0. The van der Waals surface area contributed by atoms with E-state index in [4.69, 9.17) is 14.2 Å². The molecule has 0 aliphatic heterocycles. The minimum atomic E-state index is -1.58. The van der Waals surface area contributed by atoms with Crippen LogP contribution in [-0.2, 0) is 6.61 Å². The Bertz CT molecular complexity index is 583. The highest BCUT2D eigenvalue weighted by Crippen LogP contribution is 2.18. The Hall–Kier alpha value is -2.18. The summed E-state index contributed by atoms with van der Waals surface area (Å²) in [4.78, 5) is 0. The molecular weight excluding hydrogens is 271 g/mol. The van der Waals surface area contributed by atoms with Gasteiger partial charge in [0.05, 0.1) is 14.2 Å². The van der Waals surface area contributed by atoms with Crippen molar-refractivity contribution in [1.29, 1.82) is 0 Å². The largest absolute Gasteiger partial charge is 0.497 e. The van der Waals surface area contributed by atoms with Gasteiger partial charge in [-0.1, -0.05) is 12.1 Å². The standard InChI is InChI=1S/C15H17BO5/c1-19-12-4-6-13(7-5-12)21-10-11-3-8-15(20-2)14(9-11)16(17)18/h3-9,17-18H,10H2,1-2H3. The van der Waals surface area contributed by atoms with E-state index in [9.17, 15) is 10.0 Å². The summed E-state index contributed by atoms with van der Waals surface area (Å²) < 4.78 is 15.8. The smallest absolute Gasteiger partial charge is 0.492 e. The van der Waals surface area contributed by atoms with Gasteiger partial charge in [0, 0.05) is 5.46 Å². The molecule has 2 rings (SSSR count). The van der Waals surface area contributed by atoms with E-state index in [0.717, 1.165) is 11.3 Å². The Morgan fingerprint density at radius 3 is 2.14 bits per heavy atom. The monoisotopic (exact) mass is 288 g/mol. The van der Waals surface area contributed by atoms with Crippen molar-refractivity contribution in [1.82, 2.24) is 0 Å². The first-order chi connectivity index (χ1) is 10.1. The van der Waals surface area contributed by atoms with Crippen LogP contribution in [0.1, 0.15) is 5.56 Å². The summed E-state index contributed by atoms with van der Waals surface area (Å²) in [6, 6.07) is 12.4. The zero-order valence-electron chi connectivity index (χ0n) is 11.9. The fraction of sp³-hybridized carbons (Fsp3) is 0.200. The normalized spacial score (nSPS) is 10.1. The van der Waals surface area contributed by atoms with Crippen LogP contribution in [0.5, 0.6) is 17.2 Å². The lowest BCUT2D eigenvalue weighted by atomic mass is 9.79. The van der Waals surface area contributed by atoms with Crippen LogP contribution in [0.4, 0.5) is 0 Å². The van der Waals surface area contributed by atoms with Crippen molar-refractivity contribution in [2.45, 2.75) is 6.61 Å². The Morgan fingerprint density at radius 1 is 0.905 bits per heavy atom. The lowest BCUT2D eigenvalue weighted by Gasteiger charge is -2.11. The highest BCUT2D eigenvalue weighted by atomic mass is 16.5. The molecule has 0 amide bonds. The Kier molecular flexibility index (Phi) is 5.08. The SMILES string of the molecule is COc1ccc(OCc2ccc(OC)c(B(O)O)c2)cc1. The van der Waals surface area contributed by atoms with Gasteiger partial charge in [-0.05, 0) is 35.9 Å². The molecule has 110 valence electrons. The van der Waals surface area contributed by atoms with Gasteiger partial charge in [0.1, 0.15) is 23.9 Å². The maximum atomic E-state index is 9.32. The molecule has 2 aromatic carbocycles. The van der Waals surface area contributed by atoms with E-state index in [2.05, 4.69) is 0 Å². The van der Waals surface area contributed by atoms with Gasteiger partial charge in [0.15, 0.2) is 0 Å². The molecule has 5 nitrogen and oxygen atoms in total. The molecule has 2 aromatic rings. The molecule has 0 spiro atoms. The van der Waals surface area contributed by atoms with Gasteiger partial charge in [-0.3, -0.25) is 0 Å². The highest BCUT2D eigenvalue weighted by Gasteiger charge is 2.17. The number of hydrogen-bond acceptors (Lipinski definition) is 5. The molecule has 0 aromatic heterocycles. The zero-order valence-corrected chi connectivity index (χ0v) is 11.9. The van der Waals surface area contributed by atoms with Crippen molar-refractivity contribution in [3.8, 4) is 17.2 Å².